The Morgan fingerprint density at radius 3 is 1.84 bits per heavy atom. The Bertz CT molecular complexity index is 1570. The number of amides is 1. The Hall–Kier alpha value is -4.14. The zero-order valence-electron chi connectivity index (χ0n) is 26.9. The average Bonchev–Trinajstić information content (AvgIpc) is 2.95. The van der Waals surface area contributed by atoms with Gasteiger partial charge in [0, 0.05) is 29.7 Å². The van der Waals surface area contributed by atoms with Crippen LogP contribution in [0.4, 0.5) is 0 Å². The highest BCUT2D eigenvalue weighted by Crippen LogP contribution is 2.40. The number of aromatic nitrogens is 3. The molecule has 3 N–H and O–H groups in total. The van der Waals surface area contributed by atoms with E-state index >= 15 is 0 Å². The van der Waals surface area contributed by atoms with E-state index in [-0.39, 0.29) is 36.7 Å². The van der Waals surface area contributed by atoms with Gasteiger partial charge in [0.05, 0.1) is 25.4 Å². The number of carbonyl (C=O) groups excluding carboxylic acids is 1. The molecule has 0 saturated carbocycles. The quantitative estimate of drug-likeness (QED) is 0.177. The van der Waals surface area contributed by atoms with Crippen molar-refractivity contribution in [2.45, 2.75) is 66.7 Å². The average molecular weight is 597 g/mol. The van der Waals surface area contributed by atoms with E-state index < -0.39 is 0 Å². The Kier molecular flexibility index (Phi) is 10.5. The summed E-state index contributed by atoms with van der Waals surface area (Å²) in [4.78, 5) is 27.4. The van der Waals surface area contributed by atoms with Gasteiger partial charge in [-0.25, -0.2) is 15.0 Å². The first-order valence-electron chi connectivity index (χ1n) is 15.1. The first-order chi connectivity index (χ1) is 20.9. The van der Waals surface area contributed by atoms with Gasteiger partial charge in [-0.3, -0.25) is 4.79 Å². The minimum atomic E-state index is -0.374. The van der Waals surface area contributed by atoms with Gasteiger partial charge in [-0.1, -0.05) is 74.4 Å². The van der Waals surface area contributed by atoms with Gasteiger partial charge < -0.3 is 20.3 Å². The molecule has 232 valence electrons. The lowest BCUT2D eigenvalue weighted by Crippen LogP contribution is -2.27. The second-order valence-corrected chi connectivity index (χ2v) is 12.4. The molecule has 0 aliphatic rings. The van der Waals surface area contributed by atoms with Crippen LogP contribution in [0.3, 0.4) is 0 Å². The number of aromatic hydroxyl groups is 1. The molecular formula is C36H44N4O4. The van der Waals surface area contributed by atoms with Crippen molar-refractivity contribution in [2.24, 2.45) is 0 Å². The van der Waals surface area contributed by atoms with Gasteiger partial charge in [0.25, 0.3) is 0 Å². The fourth-order valence-electron chi connectivity index (χ4n) is 5.22. The Morgan fingerprint density at radius 2 is 1.34 bits per heavy atom. The molecule has 8 nitrogen and oxygen atoms in total. The molecule has 8 heteroatoms. The van der Waals surface area contributed by atoms with Gasteiger partial charge in [-0.15, -0.1) is 0 Å². The summed E-state index contributed by atoms with van der Waals surface area (Å²) in [5, 5.41) is 23.4. The number of phenolic OH excluding ortho intramolecular Hbond substituents is 1. The van der Waals surface area contributed by atoms with Crippen LogP contribution < -0.4 is 5.32 Å². The summed E-state index contributed by atoms with van der Waals surface area (Å²) in [6.07, 6.45) is 0.741. The van der Waals surface area contributed by atoms with Crippen molar-refractivity contribution in [3.63, 3.8) is 0 Å². The Labute approximate surface area is 260 Å². The Morgan fingerprint density at radius 1 is 0.795 bits per heavy atom. The third-order valence-electron chi connectivity index (χ3n) is 7.54. The predicted octanol–water partition coefficient (Wildman–Crippen LogP) is 6.17. The maximum Gasteiger partial charge on any atom is 0.220 e. The van der Waals surface area contributed by atoms with Crippen molar-refractivity contribution in [1.82, 2.24) is 20.3 Å². The molecule has 0 unspecified atom stereocenters. The highest BCUT2D eigenvalue weighted by atomic mass is 16.5. The highest BCUT2D eigenvalue weighted by Gasteiger charge is 2.25. The third kappa shape index (κ3) is 8.07. The second kappa shape index (κ2) is 14.1. The summed E-state index contributed by atoms with van der Waals surface area (Å²) in [6, 6.07) is 16.2. The number of nitrogens with one attached hydrogen (secondary N) is 1. The van der Waals surface area contributed by atoms with Crippen molar-refractivity contribution in [1.29, 1.82) is 0 Å². The molecule has 0 spiro atoms. The summed E-state index contributed by atoms with van der Waals surface area (Å²) in [7, 11) is 0. The SMILES string of the molecule is Cc1ccc(-c2nc(-c3ccc(C)cc3C)nc(-c3cc(CCC(=O)NCCOCCO)cc(C(C)(C)C)c3O)n2)c(C)c1. The molecule has 0 aliphatic heterocycles. The van der Waals surface area contributed by atoms with E-state index in [2.05, 4.69) is 31.3 Å². The number of aliphatic hydroxyl groups excluding tert-OH is 1. The lowest BCUT2D eigenvalue weighted by atomic mass is 9.83. The van der Waals surface area contributed by atoms with Gasteiger partial charge in [0.15, 0.2) is 17.5 Å². The molecule has 1 amide bonds. The van der Waals surface area contributed by atoms with Crippen LogP contribution in [0.1, 0.15) is 60.6 Å². The Balaban J connectivity index is 1.81. The standard InChI is InChI=1S/C36H44N4O4/c1-22-8-11-27(24(3)18-22)33-38-34(28-12-9-23(2)19-25(28)4)40-35(39-33)29-20-26(21-30(32(29)43)36(5,6)7)10-13-31(42)37-14-16-44-17-15-41/h8-9,11-12,18-21,41,43H,10,13-17H2,1-7H3,(H,37,42). The van der Waals surface area contributed by atoms with Crippen molar-refractivity contribution in [3.05, 3.63) is 81.9 Å². The van der Waals surface area contributed by atoms with Crippen LogP contribution in [0, 0.1) is 27.7 Å². The zero-order chi connectivity index (χ0) is 32.0. The number of nitrogens with zero attached hydrogens (tertiary/aromatic N) is 3. The van der Waals surface area contributed by atoms with E-state index in [1.165, 1.54) is 0 Å². The van der Waals surface area contributed by atoms with E-state index in [1.54, 1.807) is 0 Å². The van der Waals surface area contributed by atoms with E-state index in [0.29, 0.717) is 42.6 Å². The number of carbonyl (C=O) groups is 1. The lowest BCUT2D eigenvalue weighted by Gasteiger charge is -2.23. The van der Waals surface area contributed by atoms with Crippen LogP contribution in [0.25, 0.3) is 34.2 Å². The largest absolute Gasteiger partial charge is 0.507 e. The number of hydrogen-bond acceptors (Lipinski definition) is 7. The van der Waals surface area contributed by atoms with Crippen LogP contribution in [-0.2, 0) is 21.4 Å². The van der Waals surface area contributed by atoms with Crippen molar-refractivity contribution < 1.29 is 19.7 Å². The number of ether oxygens (including phenoxy) is 1. The topological polar surface area (TPSA) is 117 Å². The first-order valence-corrected chi connectivity index (χ1v) is 15.1. The molecule has 0 fully saturated rings. The smallest absolute Gasteiger partial charge is 0.220 e. The summed E-state index contributed by atoms with van der Waals surface area (Å²) < 4.78 is 5.22. The number of hydrogen-bond donors (Lipinski definition) is 3. The van der Waals surface area contributed by atoms with Gasteiger partial charge in [0.1, 0.15) is 5.75 Å². The van der Waals surface area contributed by atoms with Crippen molar-refractivity contribution in [2.75, 3.05) is 26.4 Å². The molecule has 4 aromatic rings. The molecule has 0 atom stereocenters. The van der Waals surface area contributed by atoms with Crippen LogP contribution in [0.15, 0.2) is 48.5 Å². The number of aryl methyl sites for hydroxylation is 5. The van der Waals surface area contributed by atoms with Crippen LogP contribution in [0.2, 0.25) is 0 Å². The highest BCUT2D eigenvalue weighted by molar-refractivity contribution is 5.77. The molecule has 0 saturated heterocycles. The molecule has 1 aromatic heterocycles. The molecular weight excluding hydrogens is 552 g/mol. The minimum Gasteiger partial charge on any atom is -0.507 e. The molecule has 3 aromatic carbocycles. The molecule has 44 heavy (non-hydrogen) atoms. The van der Waals surface area contributed by atoms with Crippen molar-refractivity contribution >= 4 is 5.91 Å². The maximum absolute atomic E-state index is 12.6. The normalized spacial score (nSPS) is 11.5. The third-order valence-corrected chi connectivity index (χ3v) is 7.54. The predicted molar refractivity (Wildman–Crippen MR) is 175 cm³/mol. The van der Waals surface area contributed by atoms with Gasteiger partial charge >= 0.3 is 0 Å². The van der Waals surface area contributed by atoms with E-state index in [1.807, 2.05) is 71.0 Å². The van der Waals surface area contributed by atoms with Gasteiger partial charge in [-0.2, -0.15) is 0 Å². The molecule has 0 radical (unpaired) electrons. The maximum atomic E-state index is 12.6. The number of benzene rings is 3. The van der Waals surface area contributed by atoms with Crippen LogP contribution in [0.5, 0.6) is 5.75 Å². The summed E-state index contributed by atoms with van der Waals surface area (Å²) in [6.45, 7) is 15.2. The number of aliphatic hydroxyl groups is 1. The van der Waals surface area contributed by atoms with Crippen molar-refractivity contribution in [3.8, 4) is 39.9 Å². The fraction of sp³-hybridized carbons (Fsp3) is 0.389. The van der Waals surface area contributed by atoms with Gasteiger partial charge in [0.2, 0.25) is 5.91 Å². The van der Waals surface area contributed by atoms with Crippen LogP contribution >= 0.6 is 0 Å². The van der Waals surface area contributed by atoms with Gasteiger partial charge in [-0.05, 0) is 62.3 Å². The monoisotopic (exact) mass is 596 g/mol. The van der Waals surface area contributed by atoms with E-state index in [4.69, 9.17) is 24.8 Å². The van der Waals surface area contributed by atoms with E-state index in [0.717, 1.165) is 44.5 Å². The lowest BCUT2D eigenvalue weighted by molar-refractivity contribution is -0.121. The van der Waals surface area contributed by atoms with Crippen LogP contribution in [-0.4, -0.2) is 57.4 Å². The molecule has 0 bridgehead atoms. The zero-order valence-corrected chi connectivity index (χ0v) is 26.9. The molecule has 0 aliphatic carbocycles. The minimum absolute atomic E-state index is 0.0489. The summed E-state index contributed by atoms with van der Waals surface area (Å²) in [5.41, 5.74) is 7.98. The summed E-state index contributed by atoms with van der Waals surface area (Å²) in [5.74, 6) is 1.47. The molecule has 4 rings (SSSR count). The molecule has 1 heterocycles. The second-order valence-electron chi connectivity index (χ2n) is 12.4. The first kappa shape index (κ1) is 32.8. The number of rotatable bonds is 11. The summed E-state index contributed by atoms with van der Waals surface area (Å²) >= 11 is 0. The number of phenols is 1. The fourth-order valence-corrected chi connectivity index (χ4v) is 5.22. The van der Waals surface area contributed by atoms with E-state index in [9.17, 15) is 9.90 Å².